The summed E-state index contributed by atoms with van der Waals surface area (Å²) in [4.78, 5) is 28.1. The van der Waals surface area contributed by atoms with E-state index < -0.39 is 0 Å². The van der Waals surface area contributed by atoms with Gasteiger partial charge in [-0.2, -0.15) is 0 Å². The van der Waals surface area contributed by atoms with Crippen LogP contribution in [-0.2, 0) is 9.59 Å². The quantitative estimate of drug-likeness (QED) is 0.902. The summed E-state index contributed by atoms with van der Waals surface area (Å²) in [5.41, 5.74) is 0.593. The molecule has 0 aromatic heterocycles. The molecule has 1 N–H and O–H groups in total. The standard InChI is InChI=1S/C16H19Cl2N3O2/c17-12-7-13(18)9-14(8-12)19-15(22)10-20-3-5-21(6-4-20)16(23)11-1-2-11/h7-9,11H,1-6,10H2,(H,19,22). The lowest BCUT2D eigenvalue weighted by molar-refractivity contribution is -0.134. The Kier molecular flexibility index (Phi) is 5.09. The minimum atomic E-state index is -0.106. The van der Waals surface area contributed by atoms with Crippen molar-refractivity contribution in [3.05, 3.63) is 28.2 Å². The van der Waals surface area contributed by atoms with Crippen molar-refractivity contribution in [2.45, 2.75) is 12.8 Å². The molecule has 0 spiro atoms. The normalized spacial score (nSPS) is 18.8. The fourth-order valence-corrected chi connectivity index (χ4v) is 3.27. The molecule has 1 heterocycles. The number of anilines is 1. The summed E-state index contributed by atoms with van der Waals surface area (Å²) in [6.45, 7) is 3.15. The van der Waals surface area contributed by atoms with Gasteiger partial charge in [0.15, 0.2) is 0 Å². The van der Waals surface area contributed by atoms with E-state index in [2.05, 4.69) is 10.2 Å². The number of benzene rings is 1. The first-order valence-electron chi connectivity index (χ1n) is 7.78. The molecule has 0 bridgehead atoms. The van der Waals surface area contributed by atoms with Crippen molar-refractivity contribution in [3.8, 4) is 0 Å². The number of nitrogens with zero attached hydrogens (tertiary/aromatic N) is 2. The third kappa shape index (κ3) is 4.59. The van der Waals surface area contributed by atoms with Crippen LogP contribution in [-0.4, -0.2) is 54.3 Å². The number of piperazine rings is 1. The highest BCUT2D eigenvalue weighted by atomic mass is 35.5. The van der Waals surface area contributed by atoms with Crippen LogP contribution < -0.4 is 5.32 Å². The molecular formula is C16H19Cl2N3O2. The molecule has 2 fully saturated rings. The molecule has 0 atom stereocenters. The molecule has 1 aliphatic carbocycles. The summed E-state index contributed by atoms with van der Waals surface area (Å²) in [7, 11) is 0. The van der Waals surface area contributed by atoms with Gasteiger partial charge in [0, 0.05) is 47.8 Å². The zero-order valence-electron chi connectivity index (χ0n) is 12.7. The number of rotatable bonds is 4. The summed E-state index contributed by atoms with van der Waals surface area (Å²) in [5.74, 6) is 0.436. The second-order valence-electron chi connectivity index (χ2n) is 6.08. The zero-order valence-corrected chi connectivity index (χ0v) is 14.2. The molecule has 2 aliphatic rings. The number of nitrogens with one attached hydrogen (secondary N) is 1. The monoisotopic (exact) mass is 355 g/mol. The van der Waals surface area contributed by atoms with Crippen LogP contribution in [0, 0.1) is 5.92 Å². The topological polar surface area (TPSA) is 52.7 Å². The summed E-state index contributed by atoms with van der Waals surface area (Å²) in [6, 6.07) is 4.95. The van der Waals surface area contributed by atoms with Crippen molar-refractivity contribution in [3.63, 3.8) is 0 Å². The predicted octanol–water partition coefficient (Wildman–Crippen LogP) is 2.49. The molecule has 1 aliphatic heterocycles. The van der Waals surface area contributed by atoms with Crippen molar-refractivity contribution in [1.82, 2.24) is 9.80 Å². The van der Waals surface area contributed by atoms with Crippen LogP contribution in [0.1, 0.15) is 12.8 Å². The predicted molar refractivity (Wildman–Crippen MR) is 90.8 cm³/mol. The van der Waals surface area contributed by atoms with Crippen molar-refractivity contribution in [1.29, 1.82) is 0 Å². The Bertz CT molecular complexity index is 591. The number of amides is 2. The maximum Gasteiger partial charge on any atom is 0.238 e. The summed E-state index contributed by atoms with van der Waals surface area (Å²) in [5, 5.41) is 3.78. The van der Waals surface area contributed by atoms with Crippen molar-refractivity contribution in [2.24, 2.45) is 5.92 Å². The van der Waals surface area contributed by atoms with E-state index in [0.717, 1.165) is 25.9 Å². The Balaban J connectivity index is 1.46. The van der Waals surface area contributed by atoms with E-state index in [1.807, 2.05) is 4.90 Å². The molecule has 0 radical (unpaired) electrons. The Hall–Kier alpha value is -1.30. The van der Waals surface area contributed by atoms with Crippen LogP contribution in [0.2, 0.25) is 10.0 Å². The number of carbonyl (C=O) groups is 2. The van der Waals surface area contributed by atoms with Gasteiger partial charge >= 0.3 is 0 Å². The summed E-state index contributed by atoms with van der Waals surface area (Å²) in [6.07, 6.45) is 2.06. The number of hydrogen-bond acceptors (Lipinski definition) is 3. The molecule has 5 nitrogen and oxygen atoms in total. The lowest BCUT2D eigenvalue weighted by Gasteiger charge is -2.34. The van der Waals surface area contributed by atoms with E-state index in [1.165, 1.54) is 0 Å². The van der Waals surface area contributed by atoms with E-state index in [-0.39, 0.29) is 17.7 Å². The van der Waals surface area contributed by atoms with E-state index >= 15 is 0 Å². The van der Waals surface area contributed by atoms with E-state index in [1.54, 1.807) is 18.2 Å². The van der Waals surface area contributed by atoms with Crippen molar-refractivity contribution < 1.29 is 9.59 Å². The minimum Gasteiger partial charge on any atom is -0.340 e. The smallest absolute Gasteiger partial charge is 0.238 e. The maximum atomic E-state index is 12.1. The van der Waals surface area contributed by atoms with Crippen LogP contribution in [0.4, 0.5) is 5.69 Å². The SMILES string of the molecule is O=C(CN1CCN(C(=O)C2CC2)CC1)Nc1cc(Cl)cc(Cl)c1. The molecular weight excluding hydrogens is 337 g/mol. The van der Waals surface area contributed by atoms with E-state index in [9.17, 15) is 9.59 Å². The zero-order chi connectivity index (χ0) is 16.4. The Morgan fingerprint density at radius 3 is 2.22 bits per heavy atom. The van der Waals surface area contributed by atoms with Gasteiger partial charge in [0.25, 0.3) is 0 Å². The highest BCUT2D eigenvalue weighted by molar-refractivity contribution is 6.35. The highest BCUT2D eigenvalue weighted by Gasteiger charge is 2.34. The van der Waals surface area contributed by atoms with Gasteiger partial charge in [-0.3, -0.25) is 14.5 Å². The van der Waals surface area contributed by atoms with Crippen LogP contribution in [0.5, 0.6) is 0 Å². The second kappa shape index (κ2) is 7.07. The van der Waals surface area contributed by atoms with E-state index in [0.29, 0.717) is 35.4 Å². The largest absolute Gasteiger partial charge is 0.340 e. The average molecular weight is 356 g/mol. The van der Waals surface area contributed by atoms with E-state index in [4.69, 9.17) is 23.2 Å². The van der Waals surface area contributed by atoms with Crippen LogP contribution in [0.15, 0.2) is 18.2 Å². The van der Waals surface area contributed by atoms with Gasteiger partial charge in [-0.1, -0.05) is 23.2 Å². The third-order valence-electron chi connectivity index (χ3n) is 4.12. The van der Waals surface area contributed by atoms with Gasteiger partial charge in [0.1, 0.15) is 0 Å². The fraction of sp³-hybridized carbons (Fsp3) is 0.500. The van der Waals surface area contributed by atoms with Gasteiger partial charge in [-0.15, -0.1) is 0 Å². The third-order valence-corrected chi connectivity index (χ3v) is 4.56. The molecule has 1 saturated heterocycles. The summed E-state index contributed by atoms with van der Waals surface area (Å²) >= 11 is 11.8. The van der Waals surface area contributed by atoms with Gasteiger partial charge < -0.3 is 10.2 Å². The molecule has 3 rings (SSSR count). The number of halogens is 2. The fourth-order valence-electron chi connectivity index (χ4n) is 2.74. The molecule has 1 saturated carbocycles. The average Bonchev–Trinajstić information content (AvgIpc) is 3.30. The van der Waals surface area contributed by atoms with Crippen LogP contribution >= 0.6 is 23.2 Å². The van der Waals surface area contributed by atoms with Gasteiger partial charge in [0.05, 0.1) is 6.54 Å². The number of hydrogen-bond donors (Lipinski definition) is 1. The molecule has 124 valence electrons. The van der Waals surface area contributed by atoms with Gasteiger partial charge in [0.2, 0.25) is 11.8 Å². The van der Waals surface area contributed by atoms with Crippen molar-refractivity contribution in [2.75, 3.05) is 38.0 Å². The Labute approximate surface area is 145 Å². The molecule has 2 amide bonds. The van der Waals surface area contributed by atoms with Gasteiger partial charge in [-0.25, -0.2) is 0 Å². The maximum absolute atomic E-state index is 12.1. The summed E-state index contributed by atoms with van der Waals surface area (Å²) < 4.78 is 0. The first-order chi connectivity index (χ1) is 11.0. The first kappa shape index (κ1) is 16.6. The van der Waals surface area contributed by atoms with Crippen LogP contribution in [0.25, 0.3) is 0 Å². The second-order valence-corrected chi connectivity index (χ2v) is 6.95. The highest BCUT2D eigenvalue weighted by Crippen LogP contribution is 2.31. The molecule has 7 heteroatoms. The molecule has 23 heavy (non-hydrogen) atoms. The Morgan fingerprint density at radius 1 is 1.04 bits per heavy atom. The first-order valence-corrected chi connectivity index (χ1v) is 8.54. The lowest BCUT2D eigenvalue weighted by atomic mass is 10.2. The lowest BCUT2D eigenvalue weighted by Crippen LogP contribution is -2.50. The van der Waals surface area contributed by atoms with Crippen LogP contribution in [0.3, 0.4) is 0 Å². The molecule has 0 unspecified atom stereocenters. The Morgan fingerprint density at radius 2 is 1.65 bits per heavy atom. The minimum absolute atomic E-state index is 0.106. The molecule has 1 aromatic carbocycles. The number of carbonyl (C=O) groups excluding carboxylic acids is 2. The van der Waals surface area contributed by atoms with Crippen molar-refractivity contribution >= 4 is 40.7 Å². The molecule has 1 aromatic rings. The van der Waals surface area contributed by atoms with Gasteiger partial charge in [-0.05, 0) is 31.0 Å².